The van der Waals surface area contributed by atoms with E-state index in [9.17, 15) is 26.3 Å². The average molecular weight is 308 g/mol. The Morgan fingerprint density at radius 2 is 1.88 bits per heavy atom. The van der Waals surface area contributed by atoms with Crippen molar-refractivity contribution in [2.75, 3.05) is 0 Å². The number of aromatic nitrogens is 1. The van der Waals surface area contributed by atoms with Gasteiger partial charge in [0.25, 0.3) is 6.43 Å². The molecule has 0 aromatic carbocycles. The predicted molar refractivity (Wildman–Crippen MR) is 46.8 cm³/mol. The molecule has 0 radical (unpaired) electrons. The monoisotopic (exact) mass is 307 g/mol. The predicted octanol–water partition coefficient (Wildman–Crippen LogP) is 4.07. The molecular weight excluding hydrogens is 304 g/mol. The molecule has 0 saturated heterocycles. The second-order valence-corrected chi connectivity index (χ2v) is 3.34. The molecule has 0 saturated carbocycles. The van der Waals surface area contributed by atoms with Crippen LogP contribution >= 0.6 is 15.9 Å². The summed E-state index contributed by atoms with van der Waals surface area (Å²) in [5.41, 5.74) is -3.40. The maximum atomic E-state index is 13.3. The van der Waals surface area contributed by atoms with Crippen LogP contribution < -0.4 is 0 Å². The number of nitrogens with zero attached hydrogens (tertiary/aromatic N) is 1. The summed E-state index contributed by atoms with van der Waals surface area (Å²) in [5.74, 6) is -1.71. The summed E-state index contributed by atoms with van der Waals surface area (Å²) in [4.78, 5) is 2.94. The van der Waals surface area contributed by atoms with Crippen LogP contribution in [0.25, 0.3) is 0 Å². The van der Waals surface area contributed by atoms with Gasteiger partial charge in [0.1, 0.15) is 17.1 Å². The van der Waals surface area contributed by atoms with Crippen molar-refractivity contribution in [1.29, 1.82) is 0 Å². The molecule has 0 N–H and O–H groups in total. The summed E-state index contributed by atoms with van der Waals surface area (Å²) in [7, 11) is 0. The van der Waals surface area contributed by atoms with Crippen LogP contribution in [-0.4, -0.2) is 4.98 Å². The minimum Gasteiger partial charge on any atom is -0.254 e. The molecule has 0 fully saturated rings. The largest absolute Gasteiger partial charge is 0.420 e. The minimum absolute atomic E-state index is 0.0724. The third kappa shape index (κ3) is 2.47. The summed E-state index contributed by atoms with van der Waals surface area (Å²) in [6.07, 6.45) is -8.00. The highest BCUT2D eigenvalue weighted by Gasteiger charge is 2.37. The van der Waals surface area contributed by atoms with Crippen molar-refractivity contribution < 1.29 is 26.3 Å². The lowest BCUT2D eigenvalue weighted by atomic mass is 10.1. The zero-order valence-corrected chi connectivity index (χ0v) is 9.04. The Labute approximate surface area is 94.6 Å². The van der Waals surface area contributed by atoms with Crippen LogP contribution in [0.2, 0.25) is 0 Å². The third-order valence-electron chi connectivity index (χ3n) is 1.79. The smallest absolute Gasteiger partial charge is 0.254 e. The van der Waals surface area contributed by atoms with Gasteiger partial charge in [0.2, 0.25) is 0 Å². The number of alkyl halides is 6. The SMILES string of the molecule is Fc1c(C(F)(F)F)cnc(C(F)F)c1CBr. The van der Waals surface area contributed by atoms with Gasteiger partial charge in [-0.3, -0.25) is 4.98 Å². The summed E-state index contributed by atoms with van der Waals surface area (Å²) < 4.78 is 74.5. The number of hydrogen-bond donors (Lipinski definition) is 0. The van der Waals surface area contributed by atoms with E-state index in [0.717, 1.165) is 0 Å². The Kier molecular flexibility index (Phi) is 3.82. The topological polar surface area (TPSA) is 12.9 Å². The van der Waals surface area contributed by atoms with Gasteiger partial charge in [-0.1, -0.05) is 15.9 Å². The summed E-state index contributed by atoms with van der Waals surface area (Å²) >= 11 is 2.65. The Hall–Kier alpha value is -0.790. The second-order valence-electron chi connectivity index (χ2n) is 2.78. The van der Waals surface area contributed by atoms with Gasteiger partial charge in [0, 0.05) is 17.1 Å². The molecule has 1 aromatic rings. The fraction of sp³-hybridized carbons (Fsp3) is 0.375. The zero-order valence-electron chi connectivity index (χ0n) is 7.45. The normalized spacial score (nSPS) is 12.2. The van der Waals surface area contributed by atoms with Crippen LogP contribution in [0.3, 0.4) is 0 Å². The van der Waals surface area contributed by atoms with Crippen molar-refractivity contribution in [2.45, 2.75) is 17.9 Å². The third-order valence-corrected chi connectivity index (χ3v) is 2.35. The molecule has 0 spiro atoms. The minimum atomic E-state index is -4.95. The molecule has 0 aliphatic heterocycles. The maximum absolute atomic E-state index is 13.3. The summed E-state index contributed by atoms with van der Waals surface area (Å²) in [6, 6.07) is 0. The quantitative estimate of drug-likeness (QED) is 0.593. The van der Waals surface area contributed by atoms with Gasteiger partial charge >= 0.3 is 6.18 Å². The van der Waals surface area contributed by atoms with Crippen molar-refractivity contribution in [3.8, 4) is 0 Å². The van der Waals surface area contributed by atoms with Crippen LogP contribution in [0.4, 0.5) is 26.3 Å². The lowest BCUT2D eigenvalue weighted by Gasteiger charge is -2.12. The van der Waals surface area contributed by atoms with Crippen molar-refractivity contribution in [3.05, 3.63) is 28.8 Å². The van der Waals surface area contributed by atoms with Gasteiger partial charge in [-0.15, -0.1) is 0 Å². The zero-order chi connectivity index (χ0) is 12.5. The summed E-state index contributed by atoms with van der Waals surface area (Å²) in [6.45, 7) is 0. The Morgan fingerprint density at radius 1 is 1.31 bits per heavy atom. The van der Waals surface area contributed by atoms with E-state index in [4.69, 9.17) is 0 Å². The molecule has 1 heterocycles. The van der Waals surface area contributed by atoms with E-state index in [1.807, 2.05) is 0 Å². The van der Waals surface area contributed by atoms with Crippen molar-refractivity contribution in [2.24, 2.45) is 0 Å². The van der Waals surface area contributed by atoms with Crippen LogP contribution in [0.15, 0.2) is 6.20 Å². The van der Waals surface area contributed by atoms with E-state index in [0.29, 0.717) is 0 Å². The van der Waals surface area contributed by atoms with Crippen molar-refractivity contribution in [3.63, 3.8) is 0 Å². The molecule has 0 bridgehead atoms. The molecule has 16 heavy (non-hydrogen) atoms. The van der Waals surface area contributed by atoms with Crippen LogP contribution in [0.1, 0.15) is 23.2 Å². The van der Waals surface area contributed by atoms with E-state index < -0.39 is 40.6 Å². The first-order valence-electron chi connectivity index (χ1n) is 3.87. The van der Waals surface area contributed by atoms with Gasteiger partial charge in [-0.2, -0.15) is 13.2 Å². The highest BCUT2D eigenvalue weighted by atomic mass is 79.9. The van der Waals surface area contributed by atoms with Crippen molar-refractivity contribution in [1.82, 2.24) is 4.98 Å². The number of pyridine rings is 1. The van der Waals surface area contributed by atoms with Crippen LogP contribution in [0, 0.1) is 5.82 Å². The molecule has 1 rings (SSSR count). The van der Waals surface area contributed by atoms with Crippen molar-refractivity contribution >= 4 is 15.9 Å². The molecule has 90 valence electrons. The number of rotatable bonds is 2. The molecule has 1 aromatic heterocycles. The average Bonchev–Trinajstić information content (AvgIpc) is 2.14. The van der Waals surface area contributed by atoms with E-state index in [2.05, 4.69) is 20.9 Å². The Morgan fingerprint density at radius 3 is 2.25 bits per heavy atom. The second kappa shape index (κ2) is 4.60. The molecule has 1 nitrogen and oxygen atoms in total. The van der Waals surface area contributed by atoms with E-state index >= 15 is 0 Å². The van der Waals surface area contributed by atoms with E-state index in [-0.39, 0.29) is 6.20 Å². The molecular formula is C8H4BrF6N. The molecule has 0 unspecified atom stereocenters. The number of hydrogen-bond acceptors (Lipinski definition) is 1. The highest BCUT2D eigenvalue weighted by Crippen LogP contribution is 2.35. The Balaban J connectivity index is 3.41. The standard InChI is InChI=1S/C8H4BrF6N/c9-1-3-5(10)4(8(13,14)15)2-16-6(3)7(11)12/h2,7H,1H2. The maximum Gasteiger partial charge on any atom is 0.420 e. The van der Waals surface area contributed by atoms with Gasteiger partial charge in [0.15, 0.2) is 0 Å². The lowest BCUT2D eigenvalue weighted by Crippen LogP contribution is -2.13. The lowest BCUT2D eigenvalue weighted by molar-refractivity contribution is -0.140. The van der Waals surface area contributed by atoms with Crippen LogP contribution in [-0.2, 0) is 11.5 Å². The van der Waals surface area contributed by atoms with Gasteiger partial charge in [-0.05, 0) is 0 Å². The molecule has 0 aliphatic rings. The van der Waals surface area contributed by atoms with Gasteiger partial charge in [-0.25, -0.2) is 13.2 Å². The summed E-state index contributed by atoms with van der Waals surface area (Å²) in [5, 5.41) is -0.463. The van der Waals surface area contributed by atoms with E-state index in [1.54, 1.807) is 0 Å². The molecule has 8 heteroatoms. The molecule has 0 amide bonds. The fourth-order valence-electron chi connectivity index (χ4n) is 1.06. The van der Waals surface area contributed by atoms with Gasteiger partial charge < -0.3 is 0 Å². The first-order valence-corrected chi connectivity index (χ1v) is 4.99. The van der Waals surface area contributed by atoms with Gasteiger partial charge in [0.05, 0.1) is 0 Å². The first-order chi connectivity index (χ1) is 7.29. The highest BCUT2D eigenvalue weighted by molar-refractivity contribution is 9.08. The van der Waals surface area contributed by atoms with E-state index in [1.165, 1.54) is 0 Å². The molecule has 0 aliphatic carbocycles. The first kappa shape index (κ1) is 13.3. The Bertz CT molecular complexity index is 389. The fourth-order valence-corrected chi connectivity index (χ4v) is 1.59. The molecule has 0 atom stereocenters. The van der Waals surface area contributed by atoms with Crippen LogP contribution in [0.5, 0.6) is 0 Å². The number of halogens is 7.